The third-order valence-corrected chi connectivity index (χ3v) is 2.16. The summed E-state index contributed by atoms with van der Waals surface area (Å²) in [5.41, 5.74) is 0.705. The van der Waals surface area contributed by atoms with Crippen molar-refractivity contribution < 1.29 is 9.47 Å². The van der Waals surface area contributed by atoms with Crippen LogP contribution >= 0.6 is 0 Å². The molecule has 0 unspecified atom stereocenters. The van der Waals surface area contributed by atoms with Gasteiger partial charge in [0.15, 0.2) is 0 Å². The van der Waals surface area contributed by atoms with Crippen molar-refractivity contribution in [2.24, 2.45) is 10.8 Å². The number of rotatable bonds is 6. The van der Waals surface area contributed by atoms with E-state index in [1.807, 2.05) is 0 Å². The monoisotopic (exact) mass is 216 g/mol. The van der Waals surface area contributed by atoms with Crippen LogP contribution in [0.15, 0.2) is 0 Å². The predicted molar refractivity (Wildman–Crippen MR) is 64.9 cm³/mol. The van der Waals surface area contributed by atoms with Crippen LogP contribution in [0, 0.1) is 10.8 Å². The molecule has 0 bridgehead atoms. The third-order valence-electron chi connectivity index (χ3n) is 2.16. The van der Waals surface area contributed by atoms with Gasteiger partial charge in [0.25, 0.3) is 0 Å². The predicted octanol–water partition coefficient (Wildman–Crippen LogP) is 3.85. The number of ether oxygens (including phenoxy) is 2. The highest BCUT2D eigenvalue weighted by molar-refractivity contribution is 4.60. The molecule has 0 atom stereocenters. The zero-order chi connectivity index (χ0) is 11.9. The first-order valence-corrected chi connectivity index (χ1v) is 5.86. The Morgan fingerprint density at radius 1 is 0.667 bits per heavy atom. The molecule has 0 N–H and O–H groups in total. The van der Waals surface area contributed by atoms with Gasteiger partial charge in [-0.1, -0.05) is 41.5 Å². The van der Waals surface area contributed by atoms with E-state index >= 15 is 0 Å². The van der Waals surface area contributed by atoms with E-state index in [1.54, 1.807) is 0 Å². The van der Waals surface area contributed by atoms with Gasteiger partial charge in [0, 0.05) is 13.2 Å². The minimum absolute atomic E-state index is 0.353. The summed E-state index contributed by atoms with van der Waals surface area (Å²) in [5.74, 6) is 0. The Balaban J connectivity index is 3.20. The lowest BCUT2D eigenvalue weighted by Gasteiger charge is -2.19. The molecule has 0 aliphatic heterocycles. The minimum atomic E-state index is 0.353. The van der Waals surface area contributed by atoms with E-state index in [1.165, 1.54) is 0 Å². The molecule has 0 saturated heterocycles. The SMILES string of the molecule is CC(C)(C)CCOCOCCC(C)(C)C. The van der Waals surface area contributed by atoms with Crippen LogP contribution in [0.4, 0.5) is 0 Å². The molecule has 0 saturated carbocycles. The van der Waals surface area contributed by atoms with Gasteiger partial charge in [-0.05, 0) is 23.7 Å². The van der Waals surface area contributed by atoms with E-state index in [0.29, 0.717) is 17.6 Å². The minimum Gasteiger partial charge on any atom is -0.355 e. The summed E-state index contributed by atoms with van der Waals surface area (Å²) in [6.45, 7) is 15.3. The van der Waals surface area contributed by atoms with Gasteiger partial charge in [-0.25, -0.2) is 0 Å². The number of hydrogen-bond acceptors (Lipinski definition) is 2. The van der Waals surface area contributed by atoms with Crippen LogP contribution in [0.5, 0.6) is 0 Å². The highest BCUT2D eigenvalue weighted by atomic mass is 16.7. The molecule has 0 fully saturated rings. The molecule has 0 amide bonds. The maximum atomic E-state index is 5.40. The van der Waals surface area contributed by atoms with E-state index in [-0.39, 0.29) is 0 Å². The summed E-state index contributed by atoms with van der Waals surface area (Å²) in [6, 6.07) is 0. The van der Waals surface area contributed by atoms with Crippen molar-refractivity contribution in [3.05, 3.63) is 0 Å². The topological polar surface area (TPSA) is 18.5 Å². The molecule has 2 heteroatoms. The fourth-order valence-electron chi connectivity index (χ4n) is 0.933. The van der Waals surface area contributed by atoms with E-state index in [4.69, 9.17) is 9.47 Å². The fraction of sp³-hybridized carbons (Fsp3) is 1.00. The van der Waals surface area contributed by atoms with Crippen LogP contribution in [0.2, 0.25) is 0 Å². The second kappa shape index (κ2) is 6.49. The van der Waals surface area contributed by atoms with Gasteiger partial charge < -0.3 is 9.47 Å². The second-order valence-corrected chi connectivity index (χ2v) is 6.56. The summed E-state index contributed by atoms with van der Waals surface area (Å²) in [6.07, 6.45) is 2.16. The third kappa shape index (κ3) is 13.9. The van der Waals surface area contributed by atoms with E-state index in [9.17, 15) is 0 Å². The Bertz CT molecular complexity index is 133. The molecule has 92 valence electrons. The first-order chi connectivity index (χ1) is 6.71. The molecule has 0 aliphatic rings. The summed E-state index contributed by atoms with van der Waals surface area (Å²) < 4.78 is 10.8. The number of hydrogen-bond donors (Lipinski definition) is 0. The highest BCUT2D eigenvalue weighted by Gasteiger charge is 2.10. The zero-order valence-corrected chi connectivity index (χ0v) is 11.4. The average molecular weight is 216 g/mol. The Morgan fingerprint density at radius 2 is 1.00 bits per heavy atom. The van der Waals surface area contributed by atoms with Crippen LogP contribution in [0.1, 0.15) is 54.4 Å². The van der Waals surface area contributed by atoms with Gasteiger partial charge >= 0.3 is 0 Å². The smallest absolute Gasteiger partial charge is 0.146 e. The van der Waals surface area contributed by atoms with Gasteiger partial charge in [0.1, 0.15) is 6.79 Å². The van der Waals surface area contributed by atoms with Crippen LogP contribution < -0.4 is 0 Å². The van der Waals surface area contributed by atoms with Gasteiger partial charge in [0.2, 0.25) is 0 Å². The lowest BCUT2D eigenvalue weighted by molar-refractivity contribution is -0.0645. The highest BCUT2D eigenvalue weighted by Crippen LogP contribution is 2.19. The molecule has 0 spiro atoms. The quantitative estimate of drug-likeness (QED) is 0.496. The largest absolute Gasteiger partial charge is 0.355 e. The molecule has 0 aliphatic carbocycles. The Hall–Kier alpha value is -0.0800. The maximum Gasteiger partial charge on any atom is 0.146 e. The van der Waals surface area contributed by atoms with Crippen molar-refractivity contribution in [3.63, 3.8) is 0 Å². The fourth-order valence-corrected chi connectivity index (χ4v) is 0.933. The van der Waals surface area contributed by atoms with Crippen LogP contribution in [-0.4, -0.2) is 20.0 Å². The van der Waals surface area contributed by atoms with E-state index in [2.05, 4.69) is 41.5 Å². The molecule has 0 heterocycles. The maximum absolute atomic E-state index is 5.40. The van der Waals surface area contributed by atoms with Crippen LogP contribution in [0.25, 0.3) is 0 Å². The second-order valence-electron chi connectivity index (χ2n) is 6.56. The summed E-state index contributed by atoms with van der Waals surface area (Å²) in [4.78, 5) is 0. The molecule has 0 radical (unpaired) electrons. The summed E-state index contributed by atoms with van der Waals surface area (Å²) in [5, 5.41) is 0. The molecule has 2 nitrogen and oxygen atoms in total. The van der Waals surface area contributed by atoms with Gasteiger partial charge in [0.05, 0.1) is 0 Å². The van der Waals surface area contributed by atoms with E-state index in [0.717, 1.165) is 26.1 Å². The Labute approximate surface area is 95.3 Å². The van der Waals surface area contributed by atoms with Gasteiger partial charge in [-0.15, -0.1) is 0 Å². The molecule has 15 heavy (non-hydrogen) atoms. The average Bonchev–Trinajstić information content (AvgIpc) is 1.98. The first kappa shape index (κ1) is 14.9. The standard InChI is InChI=1S/C13H28O2/c1-12(2,3)7-9-14-11-15-10-8-13(4,5)6/h7-11H2,1-6H3. The molecule has 0 aromatic heterocycles. The lowest BCUT2D eigenvalue weighted by atomic mass is 9.93. The normalized spacial score (nSPS) is 13.2. The summed E-state index contributed by atoms with van der Waals surface area (Å²) >= 11 is 0. The molecule has 0 aromatic rings. The van der Waals surface area contributed by atoms with Crippen molar-refractivity contribution in [1.82, 2.24) is 0 Å². The van der Waals surface area contributed by atoms with Crippen molar-refractivity contribution in [2.45, 2.75) is 54.4 Å². The summed E-state index contributed by atoms with van der Waals surface area (Å²) in [7, 11) is 0. The van der Waals surface area contributed by atoms with Gasteiger partial charge in [-0.3, -0.25) is 0 Å². The van der Waals surface area contributed by atoms with Crippen molar-refractivity contribution >= 4 is 0 Å². The van der Waals surface area contributed by atoms with E-state index < -0.39 is 0 Å². The molecular formula is C13H28O2. The molecule has 0 rings (SSSR count). The lowest BCUT2D eigenvalue weighted by Crippen LogP contribution is -2.13. The first-order valence-electron chi connectivity index (χ1n) is 5.86. The van der Waals surface area contributed by atoms with Gasteiger partial charge in [-0.2, -0.15) is 0 Å². The zero-order valence-electron chi connectivity index (χ0n) is 11.4. The molecular weight excluding hydrogens is 188 g/mol. The van der Waals surface area contributed by atoms with Crippen molar-refractivity contribution in [2.75, 3.05) is 20.0 Å². The Kier molecular flexibility index (Phi) is 6.46. The van der Waals surface area contributed by atoms with Crippen molar-refractivity contribution in [3.8, 4) is 0 Å². The van der Waals surface area contributed by atoms with Crippen LogP contribution in [-0.2, 0) is 9.47 Å². The Morgan fingerprint density at radius 3 is 1.27 bits per heavy atom. The molecule has 0 aromatic carbocycles. The van der Waals surface area contributed by atoms with Crippen LogP contribution in [0.3, 0.4) is 0 Å². The van der Waals surface area contributed by atoms with Crippen molar-refractivity contribution in [1.29, 1.82) is 0 Å².